The SMILES string of the molecule is Cc1ccc(-c2noc(CN3CCN(C(=O)C4CNC4)CC3)n2)cc1. The Labute approximate surface area is 147 Å². The maximum Gasteiger partial charge on any atom is 0.241 e. The van der Waals surface area contributed by atoms with Gasteiger partial charge in [-0.15, -0.1) is 0 Å². The molecule has 0 bridgehead atoms. The zero-order valence-corrected chi connectivity index (χ0v) is 14.4. The van der Waals surface area contributed by atoms with Crippen molar-refractivity contribution in [1.82, 2.24) is 25.3 Å². The molecule has 1 amide bonds. The second-order valence-corrected chi connectivity index (χ2v) is 6.83. The Balaban J connectivity index is 1.31. The summed E-state index contributed by atoms with van der Waals surface area (Å²) in [5.74, 6) is 1.72. The number of nitrogens with zero attached hydrogens (tertiary/aromatic N) is 4. The van der Waals surface area contributed by atoms with Crippen LogP contribution >= 0.6 is 0 Å². The third-order valence-electron chi connectivity index (χ3n) is 4.95. The number of hydrogen-bond donors (Lipinski definition) is 1. The Kier molecular flexibility index (Phi) is 4.50. The van der Waals surface area contributed by atoms with Crippen LogP contribution in [0.2, 0.25) is 0 Å². The van der Waals surface area contributed by atoms with Gasteiger partial charge in [0.2, 0.25) is 17.6 Å². The molecular weight excluding hydrogens is 318 g/mol. The second kappa shape index (κ2) is 6.93. The highest BCUT2D eigenvalue weighted by Crippen LogP contribution is 2.18. The molecule has 25 heavy (non-hydrogen) atoms. The van der Waals surface area contributed by atoms with Crippen LogP contribution in [0.5, 0.6) is 0 Å². The predicted molar refractivity (Wildman–Crippen MR) is 92.7 cm³/mol. The molecule has 2 fully saturated rings. The number of aromatic nitrogens is 2. The molecule has 2 aromatic rings. The molecule has 132 valence electrons. The molecule has 0 atom stereocenters. The molecule has 7 heteroatoms. The van der Waals surface area contributed by atoms with Gasteiger partial charge in [0.15, 0.2) is 0 Å². The number of amides is 1. The van der Waals surface area contributed by atoms with Gasteiger partial charge in [0.05, 0.1) is 12.5 Å². The van der Waals surface area contributed by atoms with E-state index in [4.69, 9.17) is 4.52 Å². The van der Waals surface area contributed by atoms with Crippen LogP contribution in [-0.2, 0) is 11.3 Å². The fraction of sp³-hybridized carbons (Fsp3) is 0.500. The van der Waals surface area contributed by atoms with Crippen molar-refractivity contribution in [1.29, 1.82) is 0 Å². The lowest BCUT2D eigenvalue weighted by molar-refractivity contribution is -0.139. The molecule has 1 N–H and O–H groups in total. The molecule has 0 saturated carbocycles. The molecule has 2 aliphatic rings. The number of carbonyl (C=O) groups excluding carboxylic acids is 1. The van der Waals surface area contributed by atoms with Gasteiger partial charge < -0.3 is 14.7 Å². The molecule has 4 rings (SSSR count). The van der Waals surface area contributed by atoms with E-state index in [-0.39, 0.29) is 11.8 Å². The molecule has 0 spiro atoms. The molecule has 2 saturated heterocycles. The normalized spacial score (nSPS) is 19.0. The first-order valence-corrected chi connectivity index (χ1v) is 8.80. The molecule has 3 heterocycles. The van der Waals surface area contributed by atoms with Crippen molar-refractivity contribution in [3.05, 3.63) is 35.7 Å². The zero-order valence-electron chi connectivity index (χ0n) is 14.4. The quantitative estimate of drug-likeness (QED) is 0.891. The number of aryl methyl sites for hydroxylation is 1. The predicted octanol–water partition coefficient (Wildman–Crippen LogP) is 0.909. The highest BCUT2D eigenvalue weighted by Gasteiger charge is 2.31. The Morgan fingerprint density at radius 2 is 1.92 bits per heavy atom. The maximum absolute atomic E-state index is 12.3. The first-order valence-electron chi connectivity index (χ1n) is 8.80. The highest BCUT2D eigenvalue weighted by molar-refractivity contribution is 5.80. The minimum absolute atomic E-state index is 0.180. The number of nitrogens with one attached hydrogen (secondary N) is 1. The van der Waals surface area contributed by atoms with Crippen molar-refractivity contribution in [3.8, 4) is 11.4 Å². The van der Waals surface area contributed by atoms with Crippen molar-refractivity contribution in [2.75, 3.05) is 39.3 Å². The molecule has 2 aliphatic heterocycles. The summed E-state index contributed by atoms with van der Waals surface area (Å²) in [6.45, 7) is 7.56. The van der Waals surface area contributed by atoms with Crippen molar-refractivity contribution < 1.29 is 9.32 Å². The summed E-state index contributed by atoms with van der Waals surface area (Å²) in [5, 5.41) is 7.24. The lowest BCUT2D eigenvalue weighted by Gasteiger charge is -2.38. The summed E-state index contributed by atoms with van der Waals surface area (Å²) in [6.07, 6.45) is 0. The van der Waals surface area contributed by atoms with E-state index in [0.717, 1.165) is 44.8 Å². The Morgan fingerprint density at radius 3 is 2.56 bits per heavy atom. The third-order valence-corrected chi connectivity index (χ3v) is 4.95. The lowest BCUT2D eigenvalue weighted by atomic mass is 10.0. The molecule has 0 radical (unpaired) electrons. The second-order valence-electron chi connectivity index (χ2n) is 6.83. The van der Waals surface area contributed by atoms with Gasteiger partial charge in [0.1, 0.15) is 0 Å². The molecule has 1 aromatic heterocycles. The van der Waals surface area contributed by atoms with Crippen LogP contribution < -0.4 is 5.32 Å². The van der Waals surface area contributed by atoms with Crippen LogP contribution in [-0.4, -0.2) is 65.1 Å². The van der Waals surface area contributed by atoms with Crippen LogP contribution in [0.3, 0.4) is 0 Å². The summed E-state index contributed by atoms with van der Waals surface area (Å²) < 4.78 is 5.40. The van der Waals surface area contributed by atoms with E-state index >= 15 is 0 Å². The van der Waals surface area contributed by atoms with Gasteiger partial charge >= 0.3 is 0 Å². The monoisotopic (exact) mass is 341 g/mol. The van der Waals surface area contributed by atoms with Crippen LogP contribution in [0.15, 0.2) is 28.8 Å². The van der Waals surface area contributed by atoms with Gasteiger partial charge in [-0.05, 0) is 6.92 Å². The van der Waals surface area contributed by atoms with Crippen molar-refractivity contribution in [2.24, 2.45) is 5.92 Å². The van der Waals surface area contributed by atoms with Crippen molar-refractivity contribution in [3.63, 3.8) is 0 Å². The van der Waals surface area contributed by atoms with Crippen LogP contribution in [0.1, 0.15) is 11.5 Å². The van der Waals surface area contributed by atoms with Gasteiger partial charge in [0, 0.05) is 44.8 Å². The van der Waals surface area contributed by atoms with E-state index < -0.39 is 0 Å². The molecule has 7 nitrogen and oxygen atoms in total. The largest absolute Gasteiger partial charge is 0.340 e. The maximum atomic E-state index is 12.3. The Morgan fingerprint density at radius 1 is 1.20 bits per heavy atom. The third kappa shape index (κ3) is 3.57. The zero-order chi connectivity index (χ0) is 17.2. The van der Waals surface area contributed by atoms with Crippen LogP contribution in [0.25, 0.3) is 11.4 Å². The molecule has 0 unspecified atom stereocenters. The summed E-state index contributed by atoms with van der Waals surface area (Å²) in [5.41, 5.74) is 2.17. The van der Waals surface area contributed by atoms with E-state index in [0.29, 0.717) is 18.3 Å². The Hall–Kier alpha value is -2.25. The average Bonchev–Trinajstić information content (AvgIpc) is 3.03. The first-order chi connectivity index (χ1) is 12.2. The van der Waals surface area contributed by atoms with E-state index in [1.807, 2.05) is 29.2 Å². The van der Waals surface area contributed by atoms with E-state index in [1.165, 1.54) is 5.56 Å². The molecule has 1 aromatic carbocycles. The lowest BCUT2D eigenvalue weighted by Crippen LogP contribution is -2.56. The first kappa shape index (κ1) is 16.2. The summed E-state index contributed by atoms with van der Waals surface area (Å²) >= 11 is 0. The smallest absolute Gasteiger partial charge is 0.241 e. The van der Waals surface area contributed by atoms with Gasteiger partial charge in [-0.1, -0.05) is 35.0 Å². The average molecular weight is 341 g/mol. The highest BCUT2D eigenvalue weighted by atomic mass is 16.5. The van der Waals surface area contributed by atoms with E-state index in [1.54, 1.807) is 0 Å². The minimum Gasteiger partial charge on any atom is -0.340 e. The molecular formula is C18H23N5O2. The number of piperazine rings is 1. The fourth-order valence-electron chi connectivity index (χ4n) is 3.18. The molecule has 0 aliphatic carbocycles. The van der Waals surface area contributed by atoms with E-state index in [9.17, 15) is 4.79 Å². The number of hydrogen-bond acceptors (Lipinski definition) is 6. The van der Waals surface area contributed by atoms with Gasteiger partial charge in [-0.2, -0.15) is 4.98 Å². The summed E-state index contributed by atoms with van der Waals surface area (Å²) in [4.78, 5) is 21.0. The van der Waals surface area contributed by atoms with Crippen molar-refractivity contribution in [2.45, 2.75) is 13.5 Å². The minimum atomic E-state index is 0.180. The fourth-order valence-corrected chi connectivity index (χ4v) is 3.18. The summed E-state index contributed by atoms with van der Waals surface area (Å²) in [6, 6.07) is 8.09. The van der Waals surface area contributed by atoms with Crippen LogP contribution in [0.4, 0.5) is 0 Å². The van der Waals surface area contributed by atoms with Gasteiger partial charge in [-0.25, -0.2) is 0 Å². The van der Waals surface area contributed by atoms with Gasteiger partial charge in [-0.3, -0.25) is 9.69 Å². The van der Waals surface area contributed by atoms with Gasteiger partial charge in [0.25, 0.3) is 0 Å². The number of carbonyl (C=O) groups is 1. The standard InChI is InChI=1S/C18H23N5O2/c1-13-2-4-14(5-3-13)17-20-16(25-21-17)12-22-6-8-23(9-7-22)18(24)15-10-19-11-15/h2-5,15,19H,6-12H2,1H3. The topological polar surface area (TPSA) is 74.5 Å². The number of rotatable bonds is 4. The van der Waals surface area contributed by atoms with Crippen molar-refractivity contribution >= 4 is 5.91 Å². The number of benzene rings is 1. The summed E-state index contributed by atoms with van der Waals surface area (Å²) in [7, 11) is 0. The Bertz CT molecular complexity index is 730. The van der Waals surface area contributed by atoms with Crippen LogP contribution in [0, 0.1) is 12.8 Å². The van der Waals surface area contributed by atoms with E-state index in [2.05, 4.69) is 27.3 Å².